The third-order valence-electron chi connectivity index (χ3n) is 8.23. The zero-order chi connectivity index (χ0) is 27.6. The Kier molecular flexibility index (Phi) is 5.71. The van der Waals surface area contributed by atoms with Gasteiger partial charge in [-0.25, -0.2) is 13.9 Å². The number of fused-ring (bicyclic) bond motifs is 4. The first-order valence-electron chi connectivity index (χ1n) is 13.3. The van der Waals surface area contributed by atoms with Gasteiger partial charge in [-0.05, 0) is 37.3 Å². The quantitative estimate of drug-likeness (QED) is 0.323. The first-order valence-corrected chi connectivity index (χ1v) is 13.7. The summed E-state index contributed by atoms with van der Waals surface area (Å²) in [7, 11) is 0. The van der Waals surface area contributed by atoms with Crippen molar-refractivity contribution in [2.24, 2.45) is 11.3 Å². The van der Waals surface area contributed by atoms with Crippen LogP contribution in [0, 0.1) is 17.2 Å². The molecule has 2 aliphatic heterocycles. The molecule has 2 aliphatic rings. The number of H-pyrrole nitrogens is 1. The number of hydrogen-bond donors (Lipinski definition) is 1. The summed E-state index contributed by atoms with van der Waals surface area (Å²) >= 11 is 6.17. The van der Waals surface area contributed by atoms with Gasteiger partial charge in [-0.3, -0.25) is 9.89 Å². The molecule has 0 bridgehead atoms. The summed E-state index contributed by atoms with van der Waals surface area (Å²) in [6, 6.07) is 10.5. The topological polar surface area (TPSA) is 91.6 Å². The second-order valence-corrected chi connectivity index (χ2v) is 11.3. The number of hydrogen-bond acceptors (Lipinski definition) is 6. The number of rotatable bonds is 5. The largest absolute Gasteiger partial charge is 0.492 e. The number of carbonyl (C=O) groups is 1. The molecule has 2 unspecified atom stereocenters. The van der Waals surface area contributed by atoms with Gasteiger partial charge < -0.3 is 14.5 Å². The minimum atomic E-state index is -0.584. The summed E-state index contributed by atoms with van der Waals surface area (Å²) in [4.78, 5) is 22.0. The minimum Gasteiger partial charge on any atom is -0.492 e. The van der Waals surface area contributed by atoms with E-state index in [9.17, 15) is 9.18 Å². The summed E-state index contributed by atoms with van der Waals surface area (Å²) in [6.45, 7) is 7.30. The molecule has 1 N–H and O–H groups in total. The molecule has 2 saturated heterocycles. The Labute approximate surface area is 234 Å². The lowest BCUT2D eigenvalue weighted by atomic mass is 9.83. The number of nitrogens with one attached hydrogen (secondary N) is 1. The number of aromatic nitrogens is 5. The highest BCUT2D eigenvalue weighted by molar-refractivity contribution is 6.33. The Morgan fingerprint density at radius 1 is 1.23 bits per heavy atom. The van der Waals surface area contributed by atoms with Crippen LogP contribution in [-0.2, 0) is 0 Å². The minimum absolute atomic E-state index is 0.0461. The molecule has 40 heavy (non-hydrogen) atoms. The second-order valence-electron chi connectivity index (χ2n) is 10.9. The van der Waals surface area contributed by atoms with E-state index < -0.39 is 5.82 Å². The lowest BCUT2D eigenvalue weighted by Gasteiger charge is -2.26. The summed E-state index contributed by atoms with van der Waals surface area (Å²) in [5.74, 6) is 0.919. The Morgan fingerprint density at radius 2 is 2.10 bits per heavy atom. The first-order chi connectivity index (χ1) is 19.3. The highest BCUT2D eigenvalue weighted by atomic mass is 35.5. The molecule has 0 spiro atoms. The maximum absolute atomic E-state index is 14.4. The van der Waals surface area contributed by atoms with Crippen LogP contribution in [-0.4, -0.2) is 68.4 Å². The van der Waals surface area contributed by atoms with Crippen molar-refractivity contribution in [1.82, 2.24) is 29.7 Å². The molecule has 0 saturated carbocycles. The van der Waals surface area contributed by atoms with Gasteiger partial charge in [0.25, 0.3) is 5.91 Å². The number of anilines is 1. The molecule has 0 radical (unpaired) electrons. The standard InChI is InChI=1S/C29H27ClFN7O2/c1-3-40-19-9-20(26-21-11-33-34-27(21)35-38(26)14-19)17-7-8-24(32-10-17)36-12-18-13-37(16-29(18,2)15-36)28(39)25-22(30)5-4-6-23(25)31/h4-11,14,18H,3,12-13,15-16H2,1-2H3,(H,34,35). The van der Waals surface area contributed by atoms with Crippen molar-refractivity contribution in [3.05, 3.63) is 71.4 Å². The molecule has 0 aliphatic carbocycles. The SMILES string of the molecule is CCOc1cc(-c2ccc(N3CC4CN(C(=O)c5c(F)cccc5Cl)CC4(C)C3)nc2)c2c3cn[nH]c3nn2c1. The molecule has 5 aromatic rings. The molecule has 9 nitrogen and oxygen atoms in total. The van der Waals surface area contributed by atoms with Gasteiger partial charge in [0.15, 0.2) is 5.65 Å². The van der Waals surface area contributed by atoms with E-state index in [0.29, 0.717) is 25.3 Å². The summed E-state index contributed by atoms with van der Waals surface area (Å²) in [5, 5.41) is 12.8. The molecule has 2 atom stereocenters. The monoisotopic (exact) mass is 559 g/mol. The van der Waals surface area contributed by atoms with Crippen molar-refractivity contribution < 1.29 is 13.9 Å². The predicted molar refractivity (Wildman–Crippen MR) is 150 cm³/mol. The molecule has 2 fully saturated rings. The van der Waals surface area contributed by atoms with E-state index in [1.54, 1.807) is 17.2 Å². The average Bonchev–Trinajstić information content (AvgIpc) is 3.67. The Bertz CT molecular complexity index is 1750. The smallest absolute Gasteiger partial charge is 0.258 e. The lowest BCUT2D eigenvalue weighted by Crippen LogP contribution is -2.36. The molecule has 7 rings (SSSR count). The fraction of sp³-hybridized carbons (Fsp3) is 0.310. The van der Waals surface area contributed by atoms with E-state index in [1.807, 2.05) is 36.0 Å². The normalized spacial score (nSPS) is 20.6. The summed E-state index contributed by atoms with van der Waals surface area (Å²) < 4.78 is 22.0. The number of amides is 1. The zero-order valence-electron chi connectivity index (χ0n) is 22.1. The molecule has 1 aromatic carbocycles. The van der Waals surface area contributed by atoms with Crippen molar-refractivity contribution >= 4 is 39.9 Å². The molecular weight excluding hydrogens is 533 g/mol. The zero-order valence-corrected chi connectivity index (χ0v) is 22.8. The number of carbonyl (C=O) groups excluding carboxylic acids is 1. The first kappa shape index (κ1) is 24.8. The van der Waals surface area contributed by atoms with Gasteiger partial charge in [0, 0.05) is 54.8 Å². The number of pyridine rings is 2. The van der Waals surface area contributed by atoms with Crippen LogP contribution in [0.5, 0.6) is 5.75 Å². The Morgan fingerprint density at radius 3 is 2.85 bits per heavy atom. The number of likely N-dealkylation sites (tertiary alicyclic amines) is 1. The van der Waals surface area contributed by atoms with E-state index in [0.717, 1.165) is 46.7 Å². The lowest BCUT2D eigenvalue weighted by molar-refractivity contribution is 0.0770. The van der Waals surface area contributed by atoms with Crippen LogP contribution in [0.2, 0.25) is 5.02 Å². The van der Waals surface area contributed by atoms with Gasteiger partial charge in [-0.2, -0.15) is 5.10 Å². The maximum Gasteiger partial charge on any atom is 0.258 e. The van der Waals surface area contributed by atoms with E-state index in [2.05, 4.69) is 33.2 Å². The van der Waals surface area contributed by atoms with Gasteiger partial charge in [0.1, 0.15) is 17.4 Å². The highest BCUT2D eigenvalue weighted by Gasteiger charge is 2.51. The third kappa shape index (κ3) is 3.89. The molecule has 204 valence electrons. The highest BCUT2D eigenvalue weighted by Crippen LogP contribution is 2.44. The molecule has 4 aromatic heterocycles. The molecule has 1 amide bonds. The van der Waals surface area contributed by atoms with Crippen LogP contribution in [0.25, 0.3) is 27.7 Å². The number of nitrogens with zero attached hydrogens (tertiary/aromatic N) is 6. The van der Waals surface area contributed by atoms with Gasteiger partial charge in [-0.1, -0.05) is 24.6 Å². The molecule has 6 heterocycles. The van der Waals surface area contributed by atoms with Gasteiger partial charge in [0.05, 0.1) is 40.5 Å². The third-order valence-corrected chi connectivity index (χ3v) is 8.55. The number of benzene rings is 1. The van der Waals surface area contributed by atoms with Crippen LogP contribution in [0.4, 0.5) is 10.2 Å². The Balaban J connectivity index is 1.13. The second kappa shape index (κ2) is 9.19. The molecular formula is C29H27ClFN7O2. The number of aromatic amines is 1. The Hall–Kier alpha value is -4.18. The van der Waals surface area contributed by atoms with Crippen LogP contribution in [0.3, 0.4) is 0 Å². The van der Waals surface area contributed by atoms with E-state index >= 15 is 0 Å². The van der Waals surface area contributed by atoms with Crippen LogP contribution < -0.4 is 9.64 Å². The average molecular weight is 560 g/mol. The van der Waals surface area contributed by atoms with Crippen molar-refractivity contribution in [2.45, 2.75) is 13.8 Å². The van der Waals surface area contributed by atoms with Crippen LogP contribution in [0.1, 0.15) is 24.2 Å². The van der Waals surface area contributed by atoms with Crippen LogP contribution in [0.15, 0.2) is 55.0 Å². The van der Waals surface area contributed by atoms with Crippen molar-refractivity contribution in [1.29, 1.82) is 0 Å². The van der Waals surface area contributed by atoms with Crippen LogP contribution >= 0.6 is 11.6 Å². The van der Waals surface area contributed by atoms with Gasteiger partial charge in [-0.15, -0.1) is 5.10 Å². The maximum atomic E-state index is 14.4. The molecule has 11 heteroatoms. The number of halogens is 2. The fourth-order valence-electron chi connectivity index (χ4n) is 6.27. The van der Waals surface area contributed by atoms with Gasteiger partial charge in [0.2, 0.25) is 0 Å². The fourth-order valence-corrected chi connectivity index (χ4v) is 6.51. The van der Waals surface area contributed by atoms with Crippen molar-refractivity contribution in [3.8, 4) is 16.9 Å². The van der Waals surface area contributed by atoms with E-state index in [-0.39, 0.29) is 27.8 Å². The summed E-state index contributed by atoms with van der Waals surface area (Å²) in [5.41, 5.74) is 3.37. The van der Waals surface area contributed by atoms with Crippen molar-refractivity contribution in [2.75, 3.05) is 37.7 Å². The van der Waals surface area contributed by atoms with E-state index in [1.165, 1.54) is 12.1 Å². The predicted octanol–water partition coefficient (Wildman–Crippen LogP) is 5.06. The summed E-state index contributed by atoms with van der Waals surface area (Å²) in [6.07, 6.45) is 5.53. The van der Waals surface area contributed by atoms with Gasteiger partial charge >= 0.3 is 0 Å². The van der Waals surface area contributed by atoms with Crippen molar-refractivity contribution in [3.63, 3.8) is 0 Å². The van der Waals surface area contributed by atoms with E-state index in [4.69, 9.17) is 21.3 Å². The number of ether oxygens (including phenoxy) is 1.